The number of ether oxygens (including phenoxy) is 2. The van der Waals surface area contributed by atoms with Crippen molar-refractivity contribution >= 4 is 11.4 Å². The molecular formula is C21H22O4. The second-order valence-electron chi connectivity index (χ2n) is 5.57. The van der Waals surface area contributed by atoms with Crippen LogP contribution in [0.4, 0.5) is 0 Å². The molecule has 1 N–H and O–H groups in total. The van der Waals surface area contributed by atoms with Crippen molar-refractivity contribution in [2.24, 2.45) is 0 Å². The zero-order chi connectivity index (χ0) is 18.4. The molecule has 0 aliphatic rings. The standard InChI is InChI=1S/C21H22O4/c1-14(22)20(15(2)23)13-21(16-5-9-18(24-3)10-6-16)17-7-11-19(25-4)12-8-17/h5-13,22H,1-4H3/b20-14-. The molecule has 0 heterocycles. The number of allylic oxidation sites excluding steroid dienone is 3. The van der Waals surface area contributed by atoms with Crippen molar-refractivity contribution < 1.29 is 19.4 Å². The summed E-state index contributed by atoms with van der Waals surface area (Å²) < 4.78 is 10.4. The fraction of sp³-hybridized carbons (Fsp3) is 0.190. The number of Topliss-reactive ketones (excluding diaryl/α,β-unsaturated/α-hetero) is 1. The second-order valence-corrected chi connectivity index (χ2v) is 5.57. The first-order valence-corrected chi connectivity index (χ1v) is 7.87. The molecule has 4 nitrogen and oxygen atoms in total. The zero-order valence-electron chi connectivity index (χ0n) is 14.9. The van der Waals surface area contributed by atoms with Crippen molar-refractivity contribution in [1.82, 2.24) is 0 Å². The molecule has 0 aliphatic heterocycles. The summed E-state index contributed by atoms with van der Waals surface area (Å²) in [4.78, 5) is 11.9. The average molecular weight is 338 g/mol. The maximum Gasteiger partial charge on any atom is 0.163 e. The lowest BCUT2D eigenvalue weighted by molar-refractivity contribution is -0.113. The van der Waals surface area contributed by atoms with Crippen LogP contribution in [0.25, 0.3) is 5.57 Å². The van der Waals surface area contributed by atoms with Crippen LogP contribution in [-0.2, 0) is 4.79 Å². The van der Waals surface area contributed by atoms with Gasteiger partial charge in [0.25, 0.3) is 0 Å². The lowest BCUT2D eigenvalue weighted by Gasteiger charge is -2.12. The Bertz CT molecular complexity index is 743. The molecule has 0 fully saturated rings. The van der Waals surface area contributed by atoms with Crippen molar-refractivity contribution in [3.8, 4) is 11.5 Å². The van der Waals surface area contributed by atoms with E-state index in [0.29, 0.717) is 0 Å². The number of aliphatic hydroxyl groups excluding tert-OH is 1. The molecule has 2 aromatic carbocycles. The van der Waals surface area contributed by atoms with Crippen LogP contribution in [0.3, 0.4) is 0 Å². The van der Waals surface area contributed by atoms with Crippen molar-refractivity contribution in [2.75, 3.05) is 14.2 Å². The molecule has 2 aromatic rings. The van der Waals surface area contributed by atoms with Gasteiger partial charge < -0.3 is 14.6 Å². The minimum absolute atomic E-state index is 0.00739. The zero-order valence-corrected chi connectivity index (χ0v) is 14.9. The predicted octanol–water partition coefficient (Wildman–Crippen LogP) is 4.56. The summed E-state index contributed by atoms with van der Waals surface area (Å²) in [5.41, 5.74) is 2.92. The van der Waals surface area contributed by atoms with Crippen LogP contribution in [0.1, 0.15) is 25.0 Å². The molecule has 0 saturated carbocycles. The fourth-order valence-corrected chi connectivity index (χ4v) is 2.48. The number of benzene rings is 2. The third kappa shape index (κ3) is 4.51. The molecule has 130 valence electrons. The van der Waals surface area contributed by atoms with E-state index >= 15 is 0 Å². The van der Waals surface area contributed by atoms with Gasteiger partial charge in [-0.25, -0.2) is 0 Å². The molecule has 0 unspecified atom stereocenters. The molecule has 25 heavy (non-hydrogen) atoms. The van der Waals surface area contributed by atoms with E-state index in [1.165, 1.54) is 13.8 Å². The molecule has 0 aliphatic carbocycles. The van der Waals surface area contributed by atoms with Crippen LogP contribution in [0.5, 0.6) is 11.5 Å². The van der Waals surface area contributed by atoms with E-state index in [1.807, 2.05) is 48.5 Å². The lowest BCUT2D eigenvalue weighted by atomic mass is 9.94. The number of ketones is 1. The van der Waals surface area contributed by atoms with Gasteiger partial charge in [0.05, 0.1) is 25.6 Å². The second kappa shape index (κ2) is 8.20. The van der Waals surface area contributed by atoms with E-state index in [1.54, 1.807) is 20.3 Å². The summed E-state index contributed by atoms with van der Waals surface area (Å²) in [7, 11) is 3.22. The van der Waals surface area contributed by atoms with Gasteiger partial charge in [-0.2, -0.15) is 0 Å². The Morgan fingerprint density at radius 1 is 0.840 bits per heavy atom. The van der Waals surface area contributed by atoms with E-state index < -0.39 is 0 Å². The van der Waals surface area contributed by atoms with E-state index in [4.69, 9.17) is 9.47 Å². The molecule has 0 atom stereocenters. The number of rotatable bonds is 6. The van der Waals surface area contributed by atoms with Gasteiger partial charge in [-0.15, -0.1) is 0 Å². The van der Waals surface area contributed by atoms with E-state index in [0.717, 1.165) is 28.2 Å². The predicted molar refractivity (Wildman–Crippen MR) is 99.1 cm³/mol. The van der Waals surface area contributed by atoms with Gasteiger partial charge in [-0.3, -0.25) is 4.79 Å². The molecular weight excluding hydrogens is 316 g/mol. The highest BCUT2D eigenvalue weighted by Gasteiger charge is 2.11. The Morgan fingerprint density at radius 3 is 1.52 bits per heavy atom. The van der Waals surface area contributed by atoms with Crippen LogP contribution < -0.4 is 9.47 Å². The first-order valence-electron chi connectivity index (χ1n) is 7.87. The normalized spacial score (nSPS) is 11.4. The Hall–Kier alpha value is -3.01. The Morgan fingerprint density at radius 2 is 1.24 bits per heavy atom. The highest BCUT2D eigenvalue weighted by Crippen LogP contribution is 2.28. The highest BCUT2D eigenvalue weighted by atomic mass is 16.5. The lowest BCUT2D eigenvalue weighted by Crippen LogP contribution is -2.00. The van der Waals surface area contributed by atoms with Gasteiger partial charge in [-0.05, 0) is 60.9 Å². The SMILES string of the molecule is COc1ccc(C(=C/C(C(C)=O)=C(\C)O)c2ccc(OC)cc2)cc1. The number of aliphatic hydroxyl groups is 1. The summed E-state index contributed by atoms with van der Waals surface area (Å²) >= 11 is 0. The molecule has 0 aromatic heterocycles. The van der Waals surface area contributed by atoms with Crippen LogP contribution in [0, 0.1) is 0 Å². The number of hydrogen-bond acceptors (Lipinski definition) is 4. The molecule has 0 amide bonds. The summed E-state index contributed by atoms with van der Waals surface area (Å²) in [5, 5.41) is 9.86. The van der Waals surface area contributed by atoms with Crippen LogP contribution >= 0.6 is 0 Å². The van der Waals surface area contributed by atoms with Gasteiger partial charge in [0.2, 0.25) is 0 Å². The van der Waals surface area contributed by atoms with Crippen molar-refractivity contribution in [3.05, 3.63) is 77.1 Å². The van der Waals surface area contributed by atoms with E-state index in [2.05, 4.69) is 0 Å². The number of carbonyl (C=O) groups excluding carboxylic acids is 1. The Balaban J connectivity index is 2.61. The number of methoxy groups -OCH3 is 2. The highest BCUT2D eigenvalue weighted by molar-refractivity contribution is 6.00. The molecule has 0 radical (unpaired) electrons. The van der Waals surface area contributed by atoms with E-state index in [9.17, 15) is 9.90 Å². The molecule has 2 rings (SSSR count). The minimum Gasteiger partial charge on any atom is -0.512 e. The quantitative estimate of drug-likeness (QED) is 0.477. The van der Waals surface area contributed by atoms with Gasteiger partial charge in [-0.1, -0.05) is 24.3 Å². The molecule has 0 saturated heterocycles. The summed E-state index contributed by atoms with van der Waals surface area (Å²) in [6.45, 7) is 2.94. The Labute approximate surface area is 148 Å². The largest absolute Gasteiger partial charge is 0.512 e. The third-order valence-corrected chi connectivity index (χ3v) is 3.86. The van der Waals surface area contributed by atoms with Crippen LogP contribution in [-0.4, -0.2) is 25.1 Å². The van der Waals surface area contributed by atoms with Crippen molar-refractivity contribution in [1.29, 1.82) is 0 Å². The monoisotopic (exact) mass is 338 g/mol. The van der Waals surface area contributed by atoms with Crippen LogP contribution in [0.2, 0.25) is 0 Å². The smallest absolute Gasteiger partial charge is 0.163 e. The summed E-state index contributed by atoms with van der Waals surface area (Å²) in [6.07, 6.45) is 1.71. The van der Waals surface area contributed by atoms with Gasteiger partial charge in [0, 0.05) is 0 Å². The van der Waals surface area contributed by atoms with Crippen LogP contribution in [0.15, 0.2) is 65.9 Å². The van der Waals surface area contributed by atoms with E-state index in [-0.39, 0.29) is 17.1 Å². The number of carbonyl (C=O) groups is 1. The minimum atomic E-state index is -0.195. The fourth-order valence-electron chi connectivity index (χ4n) is 2.48. The van der Waals surface area contributed by atoms with Gasteiger partial charge in [0.1, 0.15) is 11.5 Å². The topological polar surface area (TPSA) is 55.8 Å². The van der Waals surface area contributed by atoms with Crippen molar-refractivity contribution in [2.45, 2.75) is 13.8 Å². The maximum atomic E-state index is 11.9. The van der Waals surface area contributed by atoms with Crippen molar-refractivity contribution in [3.63, 3.8) is 0 Å². The molecule has 0 bridgehead atoms. The first-order chi connectivity index (χ1) is 12.0. The summed E-state index contributed by atoms with van der Waals surface area (Å²) in [5.74, 6) is 1.29. The third-order valence-electron chi connectivity index (χ3n) is 3.86. The summed E-state index contributed by atoms with van der Waals surface area (Å²) in [6, 6.07) is 15.1. The van der Waals surface area contributed by atoms with Gasteiger partial charge >= 0.3 is 0 Å². The Kier molecular flexibility index (Phi) is 6.01. The maximum absolute atomic E-state index is 11.9. The first kappa shape index (κ1) is 18.3. The molecule has 4 heteroatoms. The number of hydrogen-bond donors (Lipinski definition) is 1. The molecule has 0 spiro atoms. The van der Waals surface area contributed by atoms with Gasteiger partial charge in [0.15, 0.2) is 5.78 Å². The average Bonchev–Trinajstić information content (AvgIpc) is 2.62.